The van der Waals surface area contributed by atoms with E-state index in [1.165, 1.54) is 0 Å². The van der Waals surface area contributed by atoms with Crippen LogP contribution in [-0.4, -0.2) is 42.0 Å². The third-order valence-electron chi connectivity index (χ3n) is 3.76. The van der Waals surface area contributed by atoms with Crippen LogP contribution in [0.2, 0.25) is 10.0 Å². The minimum Gasteiger partial charge on any atom is -0.353 e. The van der Waals surface area contributed by atoms with Gasteiger partial charge in [0.15, 0.2) is 0 Å². The Morgan fingerprint density at radius 3 is 2.48 bits per heavy atom. The fourth-order valence-corrected chi connectivity index (χ4v) is 3.20. The smallest absolute Gasteiger partial charge is 0.255 e. The average Bonchev–Trinajstić information content (AvgIpc) is 2.57. The Balaban J connectivity index is 1.67. The molecule has 4 nitrogen and oxygen atoms in total. The van der Waals surface area contributed by atoms with Gasteiger partial charge in [0.2, 0.25) is 0 Å². The van der Waals surface area contributed by atoms with Crippen molar-refractivity contribution in [3.63, 3.8) is 0 Å². The van der Waals surface area contributed by atoms with Crippen molar-refractivity contribution in [3.05, 3.63) is 56.6 Å². The Morgan fingerprint density at radius 2 is 1.83 bits per heavy atom. The van der Waals surface area contributed by atoms with Crippen molar-refractivity contribution in [3.8, 4) is 0 Å². The molecular weight excluding hydrogens is 401 g/mol. The second-order valence-corrected chi connectivity index (χ2v) is 7.00. The van der Waals surface area contributed by atoms with E-state index in [9.17, 15) is 4.79 Å². The highest BCUT2D eigenvalue weighted by molar-refractivity contribution is 9.10. The maximum Gasteiger partial charge on any atom is 0.255 e. The molecule has 0 N–H and O–H groups in total. The van der Waals surface area contributed by atoms with Gasteiger partial charge in [-0.3, -0.25) is 4.79 Å². The zero-order chi connectivity index (χ0) is 16.4. The number of carbonyl (C=O) groups excluding carboxylic acids is 1. The zero-order valence-electron chi connectivity index (χ0n) is 12.2. The first-order valence-electron chi connectivity index (χ1n) is 7.15. The van der Waals surface area contributed by atoms with Gasteiger partial charge in [0.05, 0.1) is 15.6 Å². The number of pyridine rings is 1. The highest BCUT2D eigenvalue weighted by Crippen LogP contribution is 2.23. The van der Waals surface area contributed by atoms with Crippen molar-refractivity contribution in [1.82, 2.24) is 9.88 Å². The van der Waals surface area contributed by atoms with E-state index in [0.717, 1.165) is 23.4 Å². The maximum absolute atomic E-state index is 12.6. The Bertz CT molecular complexity index is 716. The first kappa shape index (κ1) is 16.6. The molecule has 0 radical (unpaired) electrons. The summed E-state index contributed by atoms with van der Waals surface area (Å²) in [7, 11) is 0. The van der Waals surface area contributed by atoms with Crippen LogP contribution in [0.25, 0.3) is 0 Å². The predicted molar refractivity (Wildman–Crippen MR) is 96.5 cm³/mol. The number of hydrogen-bond acceptors (Lipinski definition) is 3. The second kappa shape index (κ2) is 7.07. The minimum absolute atomic E-state index is 0.0417. The summed E-state index contributed by atoms with van der Waals surface area (Å²) < 4.78 is 0.842. The number of piperazine rings is 1. The van der Waals surface area contributed by atoms with Gasteiger partial charge < -0.3 is 9.80 Å². The molecule has 0 atom stereocenters. The van der Waals surface area contributed by atoms with E-state index >= 15 is 0 Å². The molecule has 3 rings (SSSR count). The first-order chi connectivity index (χ1) is 11.0. The molecule has 120 valence electrons. The molecule has 7 heteroatoms. The molecule has 0 unspecified atom stereocenters. The van der Waals surface area contributed by atoms with Crippen LogP contribution >= 0.6 is 39.1 Å². The van der Waals surface area contributed by atoms with Crippen LogP contribution in [0.3, 0.4) is 0 Å². The number of halogens is 3. The van der Waals surface area contributed by atoms with Crippen LogP contribution < -0.4 is 4.90 Å². The van der Waals surface area contributed by atoms with Gasteiger partial charge in [-0.25, -0.2) is 4.98 Å². The Morgan fingerprint density at radius 1 is 1.09 bits per heavy atom. The number of nitrogens with zero attached hydrogens (tertiary/aromatic N) is 3. The second-order valence-electron chi connectivity index (χ2n) is 5.24. The van der Waals surface area contributed by atoms with Gasteiger partial charge in [-0.1, -0.05) is 39.1 Å². The molecule has 1 saturated heterocycles. The Kier molecular flexibility index (Phi) is 5.09. The first-order valence-corrected chi connectivity index (χ1v) is 8.70. The number of amides is 1. The van der Waals surface area contributed by atoms with Gasteiger partial charge in [0, 0.05) is 36.8 Å². The van der Waals surface area contributed by atoms with Crippen LogP contribution in [-0.2, 0) is 0 Å². The molecule has 2 heterocycles. The summed E-state index contributed by atoms with van der Waals surface area (Å²) in [6.07, 6.45) is 1.63. The van der Waals surface area contributed by atoms with E-state index in [2.05, 4.69) is 25.8 Å². The normalized spacial score (nSPS) is 14.9. The molecule has 0 spiro atoms. The zero-order valence-corrected chi connectivity index (χ0v) is 15.3. The summed E-state index contributed by atoms with van der Waals surface area (Å²) in [5.41, 5.74) is 0.527. The molecule has 1 aliphatic rings. The summed E-state index contributed by atoms with van der Waals surface area (Å²) in [5.74, 6) is 0.835. The monoisotopic (exact) mass is 413 g/mol. The van der Waals surface area contributed by atoms with Crippen molar-refractivity contribution >= 4 is 50.9 Å². The summed E-state index contributed by atoms with van der Waals surface area (Å²) in [5, 5.41) is 1.09. The number of anilines is 1. The molecule has 1 aromatic heterocycles. The molecular formula is C16H14BrCl2N3O. The van der Waals surface area contributed by atoms with Crippen LogP contribution in [0, 0.1) is 0 Å². The fraction of sp³-hybridized carbons (Fsp3) is 0.250. The lowest BCUT2D eigenvalue weighted by atomic mass is 10.2. The van der Waals surface area contributed by atoms with Gasteiger partial charge in [-0.05, 0) is 30.3 Å². The number of benzene rings is 1. The van der Waals surface area contributed by atoms with Crippen LogP contribution in [0.4, 0.5) is 5.82 Å². The van der Waals surface area contributed by atoms with Crippen LogP contribution in [0.5, 0.6) is 0 Å². The predicted octanol–water partition coefficient (Wildman–Crippen LogP) is 4.11. The fourth-order valence-electron chi connectivity index (χ4n) is 2.53. The van der Waals surface area contributed by atoms with Crippen LogP contribution in [0.15, 0.2) is 41.0 Å². The summed E-state index contributed by atoms with van der Waals surface area (Å²) in [6.45, 7) is 2.72. The van der Waals surface area contributed by atoms with E-state index < -0.39 is 0 Å². The van der Waals surface area contributed by atoms with E-state index in [1.807, 2.05) is 23.1 Å². The van der Waals surface area contributed by atoms with E-state index in [0.29, 0.717) is 28.7 Å². The Hall–Kier alpha value is -1.30. The number of aromatic nitrogens is 1. The quantitative estimate of drug-likeness (QED) is 0.741. The highest BCUT2D eigenvalue weighted by atomic mass is 79.9. The lowest BCUT2D eigenvalue weighted by Crippen LogP contribution is -2.49. The average molecular weight is 415 g/mol. The standard InChI is InChI=1S/C16H14BrCl2N3O/c17-11-1-3-14(19)13(9-11)16(23)22-7-5-21(6-8-22)15-4-2-12(18)10-20-15/h1-4,9-10H,5-8H2. The Labute approximate surface area is 153 Å². The lowest BCUT2D eigenvalue weighted by molar-refractivity contribution is 0.0746. The summed E-state index contributed by atoms with van der Waals surface area (Å²) in [6, 6.07) is 9.03. The lowest BCUT2D eigenvalue weighted by Gasteiger charge is -2.35. The van der Waals surface area contributed by atoms with E-state index in [1.54, 1.807) is 18.3 Å². The van der Waals surface area contributed by atoms with Crippen molar-refractivity contribution in [2.75, 3.05) is 31.1 Å². The van der Waals surface area contributed by atoms with Crippen molar-refractivity contribution in [1.29, 1.82) is 0 Å². The number of rotatable bonds is 2. The molecule has 2 aromatic rings. The highest BCUT2D eigenvalue weighted by Gasteiger charge is 2.24. The number of carbonyl (C=O) groups is 1. The molecule has 0 bridgehead atoms. The van der Waals surface area contributed by atoms with E-state index in [4.69, 9.17) is 23.2 Å². The summed E-state index contributed by atoms with van der Waals surface area (Å²) in [4.78, 5) is 20.9. The number of hydrogen-bond donors (Lipinski definition) is 0. The van der Waals surface area contributed by atoms with Gasteiger partial charge >= 0.3 is 0 Å². The van der Waals surface area contributed by atoms with Crippen molar-refractivity contribution in [2.24, 2.45) is 0 Å². The van der Waals surface area contributed by atoms with Gasteiger partial charge in [-0.15, -0.1) is 0 Å². The molecule has 23 heavy (non-hydrogen) atoms. The molecule has 0 saturated carbocycles. The van der Waals surface area contributed by atoms with E-state index in [-0.39, 0.29) is 5.91 Å². The molecule has 1 aromatic carbocycles. The van der Waals surface area contributed by atoms with Crippen molar-refractivity contribution < 1.29 is 4.79 Å². The molecule has 0 aliphatic carbocycles. The van der Waals surface area contributed by atoms with Gasteiger partial charge in [0.25, 0.3) is 5.91 Å². The third-order valence-corrected chi connectivity index (χ3v) is 4.81. The van der Waals surface area contributed by atoms with Gasteiger partial charge in [-0.2, -0.15) is 0 Å². The maximum atomic E-state index is 12.6. The molecule has 1 amide bonds. The van der Waals surface area contributed by atoms with Gasteiger partial charge in [0.1, 0.15) is 5.82 Å². The minimum atomic E-state index is -0.0417. The summed E-state index contributed by atoms with van der Waals surface area (Å²) >= 11 is 15.4. The SMILES string of the molecule is O=C(c1cc(Br)ccc1Cl)N1CCN(c2ccc(Cl)cn2)CC1. The van der Waals surface area contributed by atoms with Crippen LogP contribution in [0.1, 0.15) is 10.4 Å². The van der Waals surface area contributed by atoms with Crippen molar-refractivity contribution in [2.45, 2.75) is 0 Å². The molecule has 1 fully saturated rings. The largest absolute Gasteiger partial charge is 0.353 e. The molecule has 1 aliphatic heterocycles. The topological polar surface area (TPSA) is 36.4 Å². The third kappa shape index (κ3) is 3.79.